The normalized spacial score (nSPS) is 27.6. The molecule has 1 aliphatic rings. The Bertz CT molecular complexity index is 1110. The van der Waals surface area contributed by atoms with E-state index in [1.54, 1.807) is 18.2 Å². The number of nitrogens with one attached hydrogen (secondary N) is 1. The van der Waals surface area contributed by atoms with Gasteiger partial charge < -0.3 is 19.2 Å². The van der Waals surface area contributed by atoms with Crippen LogP contribution in [-0.2, 0) is 19.0 Å². The first-order valence-corrected chi connectivity index (χ1v) is 9.56. The van der Waals surface area contributed by atoms with Crippen molar-refractivity contribution < 1.29 is 28.2 Å². The molecule has 0 amide bonds. The zero-order valence-electron chi connectivity index (χ0n) is 17.5. The van der Waals surface area contributed by atoms with Crippen LogP contribution < -0.4 is 11.2 Å². The van der Waals surface area contributed by atoms with Crippen molar-refractivity contribution in [3.05, 3.63) is 68.5 Å². The predicted molar refractivity (Wildman–Crippen MR) is 106 cm³/mol. The lowest BCUT2D eigenvalue weighted by molar-refractivity contribution is -0.175. The van der Waals surface area contributed by atoms with Gasteiger partial charge in [0.15, 0.2) is 17.5 Å². The molecule has 31 heavy (non-hydrogen) atoms. The Morgan fingerprint density at radius 3 is 2.48 bits per heavy atom. The van der Waals surface area contributed by atoms with E-state index in [1.165, 1.54) is 32.2 Å². The number of carbonyl (C=O) groups excluding carboxylic acids is 2. The molecule has 0 spiro atoms. The first kappa shape index (κ1) is 22.4. The Balaban J connectivity index is 1.98. The van der Waals surface area contributed by atoms with E-state index in [0.717, 1.165) is 13.8 Å². The third-order valence-corrected chi connectivity index (χ3v) is 5.49. The lowest BCUT2D eigenvalue weighted by Crippen LogP contribution is -2.56. The molecule has 3 rings (SSSR count). The van der Waals surface area contributed by atoms with Crippen molar-refractivity contribution in [2.24, 2.45) is 0 Å². The molecular weight excluding hydrogens is 411 g/mol. The van der Waals surface area contributed by atoms with Gasteiger partial charge in [-0.1, -0.05) is 18.2 Å². The Labute approximate surface area is 176 Å². The van der Waals surface area contributed by atoms with Crippen LogP contribution in [-0.4, -0.2) is 45.5 Å². The Hall–Kier alpha value is -3.27. The molecule has 1 N–H and O–H groups in total. The second-order valence-electron chi connectivity index (χ2n) is 7.67. The van der Waals surface area contributed by atoms with Crippen LogP contribution in [0.1, 0.15) is 42.9 Å². The van der Waals surface area contributed by atoms with E-state index in [1.807, 2.05) is 0 Å². The first-order chi connectivity index (χ1) is 14.5. The van der Waals surface area contributed by atoms with Crippen LogP contribution in [0.3, 0.4) is 0 Å². The van der Waals surface area contributed by atoms with E-state index < -0.39 is 53.4 Å². The monoisotopic (exact) mass is 434 g/mol. The number of rotatable bonds is 5. The van der Waals surface area contributed by atoms with Gasteiger partial charge >= 0.3 is 17.6 Å². The topological polar surface area (TPSA) is 117 Å². The summed E-state index contributed by atoms with van der Waals surface area (Å²) in [5.41, 5.74) is -5.71. The molecule has 1 saturated heterocycles. The van der Waals surface area contributed by atoms with Crippen LogP contribution in [0, 0.1) is 6.92 Å². The van der Waals surface area contributed by atoms with Crippen molar-refractivity contribution >= 4 is 11.9 Å². The van der Waals surface area contributed by atoms with Crippen LogP contribution in [0.15, 0.2) is 46.1 Å². The van der Waals surface area contributed by atoms with Crippen LogP contribution in [0.2, 0.25) is 0 Å². The molecule has 1 aromatic carbocycles. The number of esters is 2. The van der Waals surface area contributed by atoms with Gasteiger partial charge in [0.05, 0.1) is 5.56 Å². The standard InChI is InChI=1S/C21H23FN2O7/c1-12-10-23-19(28)24(16(12)26)18-20(3,22)21(4,31-13(2)25)15(30-18)11-29-17(27)14-8-6-5-7-9-14/h5-10,15,18H,11H2,1-4H3,(H,23,28)/t15-,18?,20+,21?/m1/s1. The molecule has 0 saturated carbocycles. The summed E-state index contributed by atoms with van der Waals surface area (Å²) in [6.45, 7) is 4.39. The number of halogens is 1. The third-order valence-electron chi connectivity index (χ3n) is 5.49. The van der Waals surface area contributed by atoms with Crippen molar-refractivity contribution in [2.45, 2.75) is 51.3 Å². The summed E-state index contributed by atoms with van der Waals surface area (Å²) < 4.78 is 32.9. The quantitative estimate of drug-likeness (QED) is 0.711. The van der Waals surface area contributed by atoms with Crippen LogP contribution in [0.4, 0.5) is 4.39 Å². The molecular formula is C21H23FN2O7. The minimum Gasteiger partial charge on any atom is -0.459 e. The predicted octanol–water partition coefficient (Wildman–Crippen LogP) is 1.65. The fraction of sp³-hybridized carbons (Fsp3) is 0.429. The van der Waals surface area contributed by atoms with Gasteiger partial charge in [0.2, 0.25) is 0 Å². The minimum atomic E-state index is -2.52. The molecule has 2 unspecified atom stereocenters. The molecule has 2 aromatic rings. The summed E-state index contributed by atoms with van der Waals surface area (Å²) >= 11 is 0. The number of ether oxygens (including phenoxy) is 3. The molecule has 1 aliphatic heterocycles. The van der Waals surface area contributed by atoms with Crippen molar-refractivity contribution in [3.8, 4) is 0 Å². The fourth-order valence-electron chi connectivity index (χ4n) is 3.54. The number of alkyl halides is 1. The summed E-state index contributed by atoms with van der Waals surface area (Å²) in [6, 6.07) is 8.10. The summed E-state index contributed by atoms with van der Waals surface area (Å²) in [5, 5.41) is 0. The zero-order valence-corrected chi connectivity index (χ0v) is 17.5. The van der Waals surface area contributed by atoms with E-state index in [4.69, 9.17) is 14.2 Å². The lowest BCUT2D eigenvalue weighted by Gasteiger charge is -2.36. The number of aromatic nitrogens is 2. The zero-order chi connectivity index (χ0) is 23.0. The Morgan fingerprint density at radius 2 is 1.87 bits per heavy atom. The molecule has 2 heterocycles. The molecule has 10 heteroatoms. The van der Waals surface area contributed by atoms with Crippen LogP contribution >= 0.6 is 0 Å². The maximum Gasteiger partial charge on any atom is 0.338 e. The molecule has 4 atom stereocenters. The smallest absolute Gasteiger partial charge is 0.338 e. The largest absolute Gasteiger partial charge is 0.459 e. The number of hydrogen-bond acceptors (Lipinski definition) is 7. The molecule has 1 fully saturated rings. The van der Waals surface area contributed by atoms with E-state index in [0.29, 0.717) is 4.57 Å². The van der Waals surface area contributed by atoms with Gasteiger partial charge in [-0.05, 0) is 32.9 Å². The number of aryl methyl sites for hydroxylation is 1. The van der Waals surface area contributed by atoms with Gasteiger partial charge in [-0.15, -0.1) is 0 Å². The Kier molecular flexibility index (Phi) is 5.86. The van der Waals surface area contributed by atoms with Gasteiger partial charge in [-0.3, -0.25) is 9.59 Å². The number of nitrogens with zero attached hydrogens (tertiary/aromatic N) is 1. The van der Waals surface area contributed by atoms with Crippen LogP contribution in [0.25, 0.3) is 0 Å². The number of H-pyrrole nitrogens is 1. The van der Waals surface area contributed by atoms with Gasteiger partial charge in [0.25, 0.3) is 5.56 Å². The number of benzene rings is 1. The van der Waals surface area contributed by atoms with E-state index in [-0.39, 0.29) is 11.1 Å². The molecule has 166 valence electrons. The summed E-state index contributed by atoms with van der Waals surface area (Å²) in [6.07, 6.45) is -1.82. The van der Waals surface area contributed by atoms with Gasteiger partial charge in [-0.2, -0.15) is 0 Å². The average molecular weight is 434 g/mol. The van der Waals surface area contributed by atoms with Gasteiger partial charge in [0.1, 0.15) is 12.7 Å². The molecule has 1 aromatic heterocycles. The minimum absolute atomic E-state index is 0.159. The van der Waals surface area contributed by atoms with E-state index >= 15 is 4.39 Å². The number of carbonyl (C=O) groups is 2. The Morgan fingerprint density at radius 1 is 1.23 bits per heavy atom. The van der Waals surface area contributed by atoms with Crippen LogP contribution in [0.5, 0.6) is 0 Å². The maximum atomic E-state index is 16.1. The van der Waals surface area contributed by atoms with Crippen molar-refractivity contribution in [1.82, 2.24) is 9.55 Å². The van der Waals surface area contributed by atoms with Gasteiger partial charge in [0, 0.05) is 18.7 Å². The molecule has 0 aliphatic carbocycles. The third kappa shape index (κ3) is 3.90. The van der Waals surface area contributed by atoms with Gasteiger partial charge in [-0.25, -0.2) is 18.5 Å². The summed E-state index contributed by atoms with van der Waals surface area (Å²) in [4.78, 5) is 51.3. The average Bonchev–Trinajstić information content (AvgIpc) is 2.89. The maximum absolute atomic E-state index is 16.1. The fourth-order valence-corrected chi connectivity index (χ4v) is 3.54. The summed E-state index contributed by atoms with van der Waals surface area (Å²) in [5.74, 6) is -1.50. The number of hydrogen-bond donors (Lipinski definition) is 1. The SMILES string of the molecule is CC(=O)OC1(C)[C@@H](COC(=O)c2ccccc2)OC(n2c(=O)[nH]cc(C)c2=O)[C@]1(C)F. The van der Waals surface area contributed by atoms with Crippen molar-refractivity contribution in [1.29, 1.82) is 0 Å². The highest BCUT2D eigenvalue weighted by atomic mass is 19.1. The second-order valence-corrected chi connectivity index (χ2v) is 7.67. The van der Waals surface area contributed by atoms with E-state index in [9.17, 15) is 19.2 Å². The molecule has 9 nitrogen and oxygen atoms in total. The number of aromatic amines is 1. The molecule has 0 bridgehead atoms. The second kappa shape index (κ2) is 8.10. The molecule has 0 radical (unpaired) electrons. The summed E-state index contributed by atoms with van der Waals surface area (Å²) in [7, 11) is 0. The lowest BCUT2D eigenvalue weighted by atomic mass is 9.84. The van der Waals surface area contributed by atoms with Crippen molar-refractivity contribution in [2.75, 3.05) is 6.61 Å². The highest BCUT2D eigenvalue weighted by molar-refractivity contribution is 5.89. The highest BCUT2D eigenvalue weighted by Gasteiger charge is 2.67. The van der Waals surface area contributed by atoms with Crippen molar-refractivity contribution in [3.63, 3.8) is 0 Å². The first-order valence-electron chi connectivity index (χ1n) is 9.56. The van der Waals surface area contributed by atoms with E-state index in [2.05, 4.69) is 4.98 Å². The highest BCUT2D eigenvalue weighted by Crippen LogP contribution is 2.49.